The molecule has 0 atom stereocenters. The Morgan fingerprint density at radius 1 is 1.14 bits per heavy atom. The van der Waals surface area contributed by atoms with Crippen molar-refractivity contribution in [2.24, 2.45) is 5.73 Å². The summed E-state index contributed by atoms with van der Waals surface area (Å²) in [7, 11) is 0. The van der Waals surface area contributed by atoms with Gasteiger partial charge < -0.3 is 10.3 Å². The number of benzene rings is 1. The molecule has 1 aromatic carbocycles. The Labute approximate surface area is 131 Å². The highest BCUT2D eigenvalue weighted by atomic mass is 35.5. The second kappa shape index (κ2) is 5.89. The van der Waals surface area contributed by atoms with Crippen LogP contribution in [0.5, 0.6) is 0 Å². The van der Waals surface area contributed by atoms with Crippen LogP contribution in [-0.4, -0.2) is 20.0 Å². The molecule has 0 radical (unpaired) electrons. The Morgan fingerprint density at radius 3 is 2.62 bits per heavy atom. The molecule has 0 bridgehead atoms. The largest absolute Gasteiger partial charge is 0.342 e. The normalized spacial score (nSPS) is 11.0. The number of rotatable bonds is 4. The summed E-state index contributed by atoms with van der Waals surface area (Å²) in [6.07, 6.45) is 1.97. The third-order valence-electron chi connectivity index (χ3n) is 3.16. The molecule has 2 aromatic heterocycles. The van der Waals surface area contributed by atoms with Crippen molar-refractivity contribution in [3.8, 4) is 11.4 Å². The number of nitrogens with one attached hydrogen (secondary N) is 1. The molecule has 3 rings (SSSR count). The number of aromatic amines is 1. The molecule has 0 unspecified atom stereocenters. The molecule has 0 aliphatic carbocycles. The number of aromatic nitrogens is 4. The van der Waals surface area contributed by atoms with E-state index in [0.29, 0.717) is 23.1 Å². The Balaban J connectivity index is 1.96. The molecule has 0 amide bonds. The summed E-state index contributed by atoms with van der Waals surface area (Å²) in [5, 5.41) is 12.1. The minimum Gasteiger partial charge on any atom is -0.342 e. The number of nitrogens with zero attached hydrogens (tertiary/aromatic N) is 3. The van der Waals surface area contributed by atoms with Crippen molar-refractivity contribution in [1.82, 2.24) is 20.0 Å². The molecular weight excluding hydrogens is 309 g/mol. The van der Waals surface area contributed by atoms with Gasteiger partial charge in [0.1, 0.15) is 11.4 Å². The van der Waals surface area contributed by atoms with Gasteiger partial charge in [-0.05, 0) is 35.9 Å². The summed E-state index contributed by atoms with van der Waals surface area (Å²) in [5.74, 6) is 0. The molecule has 0 spiro atoms. The monoisotopic (exact) mass is 321 g/mol. The summed E-state index contributed by atoms with van der Waals surface area (Å²) in [4.78, 5) is 0. The first-order valence-corrected chi connectivity index (χ1v) is 7.13. The van der Waals surface area contributed by atoms with Crippen molar-refractivity contribution in [2.45, 2.75) is 13.1 Å². The van der Waals surface area contributed by atoms with Crippen molar-refractivity contribution >= 4 is 23.2 Å². The maximum atomic E-state index is 6.04. The second-order valence-corrected chi connectivity index (χ2v) is 5.49. The van der Waals surface area contributed by atoms with E-state index in [0.717, 1.165) is 22.6 Å². The van der Waals surface area contributed by atoms with Gasteiger partial charge >= 0.3 is 0 Å². The van der Waals surface area contributed by atoms with Crippen LogP contribution < -0.4 is 5.73 Å². The number of halogens is 2. The highest BCUT2D eigenvalue weighted by Crippen LogP contribution is 2.24. The molecule has 3 N–H and O–H groups in total. The Bertz CT molecular complexity index is 742. The zero-order chi connectivity index (χ0) is 14.8. The van der Waals surface area contributed by atoms with Gasteiger partial charge in [-0.25, -0.2) is 0 Å². The minimum atomic E-state index is 0.333. The summed E-state index contributed by atoms with van der Waals surface area (Å²) in [6.45, 7) is 0.972. The van der Waals surface area contributed by atoms with E-state index >= 15 is 0 Å². The molecular formula is C14H13Cl2N5. The van der Waals surface area contributed by atoms with Gasteiger partial charge in [0.25, 0.3) is 0 Å². The summed E-state index contributed by atoms with van der Waals surface area (Å²) >= 11 is 12.1. The van der Waals surface area contributed by atoms with Crippen LogP contribution in [0.2, 0.25) is 10.0 Å². The molecule has 2 heterocycles. The Kier molecular flexibility index (Phi) is 3.96. The third-order valence-corrected chi connectivity index (χ3v) is 3.60. The van der Waals surface area contributed by atoms with Gasteiger partial charge in [-0.3, -0.25) is 0 Å². The number of hydrogen-bond donors (Lipinski definition) is 2. The molecule has 0 aliphatic rings. The lowest BCUT2D eigenvalue weighted by Gasteiger charge is -2.09. The molecule has 7 heteroatoms. The van der Waals surface area contributed by atoms with E-state index < -0.39 is 0 Å². The van der Waals surface area contributed by atoms with E-state index in [-0.39, 0.29) is 0 Å². The highest BCUT2D eigenvalue weighted by Gasteiger charge is 2.13. The second-order valence-electron chi connectivity index (χ2n) is 4.62. The molecule has 0 saturated heterocycles. The fraction of sp³-hybridized carbons (Fsp3) is 0.143. The topological polar surface area (TPSA) is 72.5 Å². The standard InChI is InChI=1S/C14H13Cl2N5/c15-10-4-9(5-11(16)6-10)8-21-3-1-2-13(21)14-12(7-17)18-20-19-14/h1-6H,7-8,17H2,(H,18,19,20). The van der Waals surface area contributed by atoms with Crippen molar-refractivity contribution in [2.75, 3.05) is 0 Å². The zero-order valence-electron chi connectivity index (χ0n) is 11.1. The van der Waals surface area contributed by atoms with Crippen LogP contribution in [0.3, 0.4) is 0 Å². The number of nitrogens with two attached hydrogens (primary N) is 1. The van der Waals surface area contributed by atoms with Crippen molar-refractivity contribution in [3.05, 3.63) is 57.8 Å². The predicted octanol–water partition coefficient (Wildman–Crippen LogP) is 3.09. The first kappa shape index (κ1) is 14.1. The lowest BCUT2D eigenvalue weighted by atomic mass is 10.2. The summed E-state index contributed by atoms with van der Waals surface area (Å²) in [5.41, 5.74) is 9.13. The van der Waals surface area contributed by atoms with Gasteiger partial charge in [0.05, 0.1) is 5.69 Å². The van der Waals surface area contributed by atoms with Crippen LogP contribution in [0.25, 0.3) is 11.4 Å². The van der Waals surface area contributed by atoms with Crippen LogP contribution in [0, 0.1) is 0 Å². The average Bonchev–Trinajstić information content (AvgIpc) is 3.04. The first-order valence-electron chi connectivity index (χ1n) is 6.37. The maximum Gasteiger partial charge on any atom is 0.133 e. The average molecular weight is 322 g/mol. The lowest BCUT2D eigenvalue weighted by Crippen LogP contribution is -2.04. The lowest BCUT2D eigenvalue weighted by molar-refractivity contribution is 0.809. The Hall–Kier alpha value is -1.82. The molecule has 5 nitrogen and oxygen atoms in total. The van der Waals surface area contributed by atoms with Gasteiger partial charge in [-0.2, -0.15) is 15.4 Å². The molecule has 3 aromatic rings. The van der Waals surface area contributed by atoms with Crippen molar-refractivity contribution in [3.63, 3.8) is 0 Å². The van der Waals surface area contributed by atoms with Gasteiger partial charge in [-0.15, -0.1) is 0 Å². The first-order chi connectivity index (χ1) is 10.2. The molecule has 0 saturated carbocycles. The smallest absolute Gasteiger partial charge is 0.133 e. The van der Waals surface area contributed by atoms with Crippen LogP contribution in [0.1, 0.15) is 11.3 Å². The highest BCUT2D eigenvalue weighted by molar-refractivity contribution is 6.34. The van der Waals surface area contributed by atoms with Gasteiger partial charge in [-0.1, -0.05) is 23.2 Å². The van der Waals surface area contributed by atoms with Crippen LogP contribution >= 0.6 is 23.2 Å². The maximum absolute atomic E-state index is 6.04. The molecule has 0 aliphatic heterocycles. The minimum absolute atomic E-state index is 0.333. The van der Waals surface area contributed by atoms with Crippen LogP contribution in [0.4, 0.5) is 0 Å². The third kappa shape index (κ3) is 2.95. The van der Waals surface area contributed by atoms with Crippen LogP contribution in [-0.2, 0) is 13.1 Å². The zero-order valence-corrected chi connectivity index (χ0v) is 12.6. The van der Waals surface area contributed by atoms with Gasteiger partial charge in [0, 0.05) is 29.3 Å². The van der Waals surface area contributed by atoms with E-state index in [1.807, 2.05) is 30.5 Å². The fourth-order valence-corrected chi connectivity index (χ4v) is 2.84. The number of H-pyrrole nitrogens is 1. The van der Waals surface area contributed by atoms with Crippen molar-refractivity contribution < 1.29 is 0 Å². The van der Waals surface area contributed by atoms with E-state index in [4.69, 9.17) is 28.9 Å². The summed E-state index contributed by atoms with van der Waals surface area (Å²) in [6, 6.07) is 9.43. The van der Waals surface area contributed by atoms with Gasteiger partial charge in [0.2, 0.25) is 0 Å². The SMILES string of the molecule is NCc1n[nH]nc1-c1cccn1Cc1cc(Cl)cc(Cl)c1. The number of hydrogen-bond acceptors (Lipinski definition) is 3. The summed E-state index contributed by atoms with van der Waals surface area (Å²) < 4.78 is 2.05. The van der Waals surface area contributed by atoms with Crippen molar-refractivity contribution in [1.29, 1.82) is 0 Å². The Morgan fingerprint density at radius 2 is 1.90 bits per heavy atom. The van der Waals surface area contributed by atoms with E-state index in [1.165, 1.54) is 0 Å². The molecule has 108 valence electrons. The van der Waals surface area contributed by atoms with E-state index in [2.05, 4.69) is 20.0 Å². The van der Waals surface area contributed by atoms with E-state index in [9.17, 15) is 0 Å². The van der Waals surface area contributed by atoms with Crippen LogP contribution in [0.15, 0.2) is 36.5 Å². The quantitative estimate of drug-likeness (QED) is 0.775. The predicted molar refractivity (Wildman–Crippen MR) is 83.3 cm³/mol. The molecule has 21 heavy (non-hydrogen) atoms. The van der Waals surface area contributed by atoms with Gasteiger partial charge in [0.15, 0.2) is 0 Å². The fourth-order valence-electron chi connectivity index (χ4n) is 2.27. The van der Waals surface area contributed by atoms with E-state index in [1.54, 1.807) is 6.07 Å². The molecule has 0 fully saturated rings.